The molecule has 1 aromatic heterocycles. The van der Waals surface area contributed by atoms with Gasteiger partial charge in [-0.3, -0.25) is 9.59 Å². The number of hydrogen-bond acceptors (Lipinski definition) is 6. The fourth-order valence-electron chi connectivity index (χ4n) is 2.66. The first-order valence-electron chi connectivity index (χ1n) is 8.96. The number of fused-ring (bicyclic) bond motifs is 1. The van der Waals surface area contributed by atoms with Crippen molar-refractivity contribution in [3.63, 3.8) is 0 Å². The van der Waals surface area contributed by atoms with Crippen LogP contribution in [0.5, 0.6) is 0 Å². The van der Waals surface area contributed by atoms with Gasteiger partial charge >= 0.3 is 0 Å². The molecule has 0 fully saturated rings. The van der Waals surface area contributed by atoms with E-state index in [1.165, 1.54) is 0 Å². The number of methoxy groups -OCH3 is 1. The van der Waals surface area contributed by atoms with Crippen LogP contribution in [-0.2, 0) is 20.7 Å². The molecule has 2 amide bonds. The molecule has 1 atom stereocenters. The van der Waals surface area contributed by atoms with E-state index < -0.39 is 0 Å². The fourth-order valence-corrected chi connectivity index (χ4v) is 2.66. The van der Waals surface area contributed by atoms with Gasteiger partial charge in [0.25, 0.3) is 0 Å². The van der Waals surface area contributed by atoms with Crippen LogP contribution in [0, 0.1) is 0 Å². The van der Waals surface area contributed by atoms with E-state index in [9.17, 15) is 9.59 Å². The summed E-state index contributed by atoms with van der Waals surface area (Å²) < 4.78 is 10.2. The molecule has 3 rings (SSSR count). The van der Waals surface area contributed by atoms with Crippen LogP contribution >= 0.6 is 0 Å². The highest BCUT2D eigenvalue weighted by atomic mass is 16.5. The maximum absolute atomic E-state index is 12.2. The lowest BCUT2D eigenvalue weighted by Gasteiger charge is -2.09. The number of carbonyl (C=O) groups excluding carboxylic acids is 2. The number of amides is 2. The smallest absolute Gasteiger partial charge is 0.243 e. The molecule has 0 unspecified atom stereocenters. The standard InChI is InChI=1S/C20H22N4O4/c1-13(27-2)20-23-19(28-24-20)11-10-17(25)21-12-18(26)22-16-9-5-7-14-6-3-4-8-15(14)16/h3-9,13H,10-12H2,1-2H3,(H,21,25)(H,22,26)/t13-/m0/s1. The van der Waals surface area contributed by atoms with Gasteiger partial charge in [-0.1, -0.05) is 41.6 Å². The molecule has 0 radical (unpaired) electrons. The van der Waals surface area contributed by atoms with Crippen LogP contribution in [0.3, 0.4) is 0 Å². The molecule has 0 aliphatic heterocycles. The SMILES string of the molecule is CO[C@@H](C)c1noc(CCC(=O)NCC(=O)Nc2cccc3ccccc23)n1. The number of aryl methyl sites for hydroxylation is 1. The number of anilines is 1. The predicted octanol–water partition coefficient (Wildman–Crippen LogP) is 2.62. The first kappa shape index (κ1) is 19.5. The maximum atomic E-state index is 12.2. The third-order valence-electron chi connectivity index (χ3n) is 4.28. The molecule has 146 valence electrons. The van der Waals surface area contributed by atoms with Gasteiger partial charge in [-0.2, -0.15) is 4.98 Å². The molecule has 28 heavy (non-hydrogen) atoms. The van der Waals surface area contributed by atoms with E-state index in [0.717, 1.165) is 10.8 Å². The summed E-state index contributed by atoms with van der Waals surface area (Å²) in [7, 11) is 1.55. The van der Waals surface area contributed by atoms with Gasteiger partial charge in [0.2, 0.25) is 17.7 Å². The normalized spacial score (nSPS) is 11.9. The van der Waals surface area contributed by atoms with Crippen LogP contribution in [0.15, 0.2) is 47.0 Å². The van der Waals surface area contributed by atoms with Crippen molar-refractivity contribution in [3.05, 3.63) is 54.2 Å². The Labute approximate surface area is 162 Å². The summed E-state index contributed by atoms with van der Waals surface area (Å²) in [4.78, 5) is 28.3. The van der Waals surface area contributed by atoms with Crippen LogP contribution in [0.2, 0.25) is 0 Å². The zero-order chi connectivity index (χ0) is 19.9. The first-order chi connectivity index (χ1) is 13.6. The van der Waals surface area contributed by atoms with Crippen molar-refractivity contribution in [1.29, 1.82) is 0 Å². The fraction of sp³-hybridized carbons (Fsp3) is 0.300. The molecular weight excluding hydrogens is 360 g/mol. The summed E-state index contributed by atoms with van der Waals surface area (Å²) >= 11 is 0. The second-order valence-corrected chi connectivity index (χ2v) is 6.28. The zero-order valence-corrected chi connectivity index (χ0v) is 15.8. The summed E-state index contributed by atoms with van der Waals surface area (Å²) in [5, 5.41) is 11.2. The summed E-state index contributed by atoms with van der Waals surface area (Å²) in [5.41, 5.74) is 0.711. The average molecular weight is 382 g/mol. The Morgan fingerprint density at radius 2 is 1.93 bits per heavy atom. The van der Waals surface area contributed by atoms with E-state index in [1.807, 2.05) is 42.5 Å². The summed E-state index contributed by atoms with van der Waals surface area (Å²) in [5.74, 6) is 0.230. The number of benzene rings is 2. The number of nitrogens with one attached hydrogen (secondary N) is 2. The van der Waals surface area contributed by atoms with Gasteiger partial charge in [0.05, 0.1) is 6.54 Å². The molecule has 8 heteroatoms. The molecule has 0 spiro atoms. The monoisotopic (exact) mass is 382 g/mol. The van der Waals surface area contributed by atoms with Crippen molar-refractivity contribution in [1.82, 2.24) is 15.5 Å². The lowest BCUT2D eigenvalue weighted by atomic mass is 10.1. The van der Waals surface area contributed by atoms with Crippen molar-refractivity contribution in [2.75, 3.05) is 19.0 Å². The minimum atomic E-state index is -0.293. The van der Waals surface area contributed by atoms with Crippen molar-refractivity contribution in [2.24, 2.45) is 0 Å². The lowest BCUT2D eigenvalue weighted by molar-refractivity contribution is -0.124. The minimum Gasteiger partial charge on any atom is -0.374 e. The molecule has 2 aromatic carbocycles. The number of carbonyl (C=O) groups is 2. The third kappa shape index (κ3) is 4.92. The van der Waals surface area contributed by atoms with E-state index in [2.05, 4.69) is 20.8 Å². The largest absolute Gasteiger partial charge is 0.374 e. The first-order valence-corrected chi connectivity index (χ1v) is 8.96. The lowest BCUT2D eigenvalue weighted by Crippen LogP contribution is -2.33. The van der Waals surface area contributed by atoms with Crippen LogP contribution in [0.4, 0.5) is 5.69 Å². The van der Waals surface area contributed by atoms with E-state index in [1.54, 1.807) is 14.0 Å². The van der Waals surface area contributed by atoms with Gasteiger partial charge < -0.3 is 19.9 Å². The van der Waals surface area contributed by atoms with Gasteiger partial charge in [-0.25, -0.2) is 0 Å². The maximum Gasteiger partial charge on any atom is 0.243 e. The van der Waals surface area contributed by atoms with Crippen molar-refractivity contribution in [3.8, 4) is 0 Å². The Balaban J connectivity index is 1.46. The van der Waals surface area contributed by atoms with Crippen LogP contribution in [0.25, 0.3) is 10.8 Å². The zero-order valence-electron chi connectivity index (χ0n) is 15.8. The molecule has 3 aromatic rings. The van der Waals surface area contributed by atoms with Gasteiger partial charge in [-0.15, -0.1) is 0 Å². The van der Waals surface area contributed by atoms with E-state index in [0.29, 0.717) is 23.8 Å². The Morgan fingerprint density at radius 1 is 1.14 bits per heavy atom. The number of hydrogen-bond donors (Lipinski definition) is 2. The number of aromatic nitrogens is 2. The topological polar surface area (TPSA) is 106 Å². The Morgan fingerprint density at radius 3 is 2.75 bits per heavy atom. The van der Waals surface area contributed by atoms with Crippen LogP contribution < -0.4 is 10.6 Å². The number of rotatable bonds is 8. The van der Waals surface area contributed by atoms with E-state index in [4.69, 9.17) is 9.26 Å². The van der Waals surface area contributed by atoms with Gasteiger partial charge in [0.1, 0.15) is 6.10 Å². The van der Waals surface area contributed by atoms with Crippen molar-refractivity contribution < 1.29 is 18.8 Å². The van der Waals surface area contributed by atoms with Crippen molar-refractivity contribution in [2.45, 2.75) is 25.9 Å². The van der Waals surface area contributed by atoms with E-state index in [-0.39, 0.29) is 30.9 Å². The number of ether oxygens (including phenoxy) is 1. The molecule has 8 nitrogen and oxygen atoms in total. The molecular formula is C20H22N4O4. The number of nitrogens with zero attached hydrogens (tertiary/aromatic N) is 2. The van der Waals surface area contributed by atoms with Gasteiger partial charge in [0.15, 0.2) is 5.82 Å². The Kier molecular flexibility index (Phi) is 6.33. The van der Waals surface area contributed by atoms with Gasteiger partial charge in [0, 0.05) is 31.0 Å². The van der Waals surface area contributed by atoms with Crippen LogP contribution in [-0.4, -0.2) is 35.6 Å². The molecule has 0 saturated carbocycles. The van der Waals surface area contributed by atoms with Crippen molar-refractivity contribution >= 4 is 28.3 Å². The second kappa shape index (κ2) is 9.09. The third-order valence-corrected chi connectivity index (χ3v) is 4.28. The molecule has 0 saturated heterocycles. The minimum absolute atomic E-state index is 0.113. The summed E-state index contributed by atoms with van der Waals surface area (Å²) in [6.07, 6.45) is 0.161. The highest BCUT2D eigenvalue weighted by Crippen LogP contribution is 2.22. The van der Waals surface area contributed by atoms with E-state index >= 15 is 0 Å². The molecule has 2 N–H and O–H groups in total. The summed E-state index contributed by atoms with van der Waals surface area (Å²) in [6.45, 7) is 1.69. The van der Waals surface area contributed by atoms with Crippen LogP contribution in [0.1, 0.15) is 31.2 Å². The Bertz CT molecular complexity index is 964. The quantitative estimate of drug-likeness (QED) is 0.620. The highest BCUT2D eigenvalue weighted by Gasteiger charge is 2.14. The summed E-state index contributed by atoms with van der Waals surface area (Å²) in [6, 6.07) is 13.4. The highest BCUT2D eigenvalue weighted by molar-refractivity contribution is 6.03. The molecule has 0 aliphatic carbocycles. The molecule has 0 bridgehead atoms. The average Bonchev–Trinajstić information content (AvgIpc) is 3.19. The Hall–Kier alpha value is -3.26. The second-order valence-electron chi connectivity index (χ2n) is 6.28. The molecule has 1 heterocycles. The molecule has 0 aliphatic rings. The predicted molar refractivity (Wildman–Crippen MR) is 104 cm³/mol. The van der Waals surface area contributed by atoms with Gasteiger partial charge in [-0.05, 0) is 18.4 Å².